The zero-order chi connectivity index (χ0) is 15.2. The van der Waals surface area contributed by atoms with Crippen molar-refractivity contribution in [3.63, 3.8) is 0 Å². The monoisotopic (exact) mass is 285 g/mol. The van der Waals surface area contributed by atoms with Crippen LogP contribution in [0.25, 0.3) is 0 Å². The molecule has 1 aromatic heterocycles. The third-order valence-corrected chi connectivity index (χ3v) is 3.22. The van der Waals surface area contributed by atoms with E-state index in [1.54, 1.807) is 30.5 Å². The molecule has 2 atom stereocenters. The third kappa shape index (κ3) is 4.29. The molecule has 0 saturated heterocycles. The average molecular weight is 285 g/mol. The van der Waals surface area contributed by atoms with Crippen LogP contribution in [0.4, 0.5) is 0 Å². The van der Waals surface area contributed by atoms with Crippen molar-refractivity contribution in [1.82, 2.24) is 10.3 Å². The molecule has 1 amide bonds. The molecule has 0 radical (unpaired) electrons. The van der Waals surface area contributed by atoms with Crippen LogP contribution in [0.1, 0.15) is 24.2 Å². The van der Waals surface area contributed by atoms with E-state index >= 15 is 0 Å². The Morgan fingerprint density at radius 1 is 1.29 bits per heavy atom. The van der Waals surface area contributed by atoms with E-state index in [-0.39, 0.29) is 17.7 Å². The number of carbonyl (C=O) groups excluding carboxylic acids is 1. The number of nitrogens with zero attached hydrogens (tertiary/aromatic N) is 1. The van der Waals surface area contributed by atoms with E-state index in [9.17, 15) is 9.90 Å². The second kappa shape index (κ2) is 6.85. The number of aromatic hydroxyl groups is 1. The molecule has 1 unspecified atom stereocenters. The van der Waals surface area contributed by atoms with Gasteiger partial charge < -0.3 is 16.2 Å². The van der Waals surface area contributed by atoms with Crippen molar-refractivity contribution in [2.45, 2.75) is 25.4 Å². The van der Waals surface area contributed by atoms with Gasteiger partial charge in [-0.05, 0) is 43.2 Å². The normalized spacial score (nSPS) is 13.4. The van der Waals surface area contributed by atoms with Gasteiger partial charge in [0.25, 0.3) is 0 Å². The number of phenols is 1. The molecule has 0 aliphatic carbocycles. The zero-order valence-electron chi connectivity index (χ0n) is 11.9. The number of hydrogen-bond donors (Lipinski definition) is 3. The summed E-state index contributed by atoms with van der Waals surface area (Å²) in [6, 6.07) is 11.4. The van der Waals surface area contributed by atoms with Crippen molar-refractivity contribution in [2.75, 3.05) is 0 Å². The van der Waals surface area contributed by atoms with Gasteiger partial charge in [0.05, 0.1) is 17.8 Å². The van der Waals surface area contributed by atoms with Gasteiger partial charge in [-0.1, -0.05) is 18.2 Å². The van der Waals surface area contributed by atoms with Crippen molar-refractivity contribution < 1.29 is 9.90 Å². The van der Waals surface area contributed by atoms with Crippen molar-refractivity contribution in [2.24, 2.45) is 5.73 Å². The zero-order valence-corrected chi connectivity index (χ0v) is 11.9. The van der Waals surface area contributed by atoms with Gasteiger partial charge in [-0.3, -0.25) is 9.78 Å². The quantitative estimate of drug-likeness (QED) is 0.777. The Morgan fingerprint density at radius 3 is 2.62 bits per heavy atom. The molecule has 1 heterocycles. The number of phenolic OH excluding ortho intramolecular Hbond substituents is 1. The number of benzene rings is 1. The molecule has 0 fully saturated rings. The predicted molar refractivity (Wildman–Crippen MR) is 80.6 cm³/mol. The van der Waals surface area contributed by atoms with Crippen LogP contribution in [-0.4, -0.2) is 22.0 Å². The fourth-order valence-corrected chi connectivity index (χ4v) is 2.01. The lowest BCUT2D eigenvalue weighted by Crippen LogP contribution is -2.43. The molecule has 0 saturated carbocycles. The summed E-state index contributed by atoms with van der Waals surface area (Å²) in [6.45, 7) is 1.87. The third-order valence-electron chi connectivity index (χ3n) is 3.22. The summed E-state index contributed by atoms with van der Waals surface area (Å²) in [7, 11) is 0. The van der Waals surface area contributed by atoms with E-state index < -0.39 is 6.04 Å². The Bertz CT molecular complexity index is 584. The molecule has 5 heteroatoms. The molecule has 0 aliphatic rings. The number of carbonyl (C=O) groups is 1. The number of hydrogen-bond acceptors (Lipinski definition) is 4. The fourth-order valence-electron chi connectivity index (χ4n) is 2.01. The second-order valence-electron chi connectivity index (χ2n) is 4.96. The number of rotatable bonds is 5. The molecule has 4 N–H and O–H groups in total. The lowest BCUT2D eigenvalue weighted by atomic mass is 10.1. The van der Waals surface area contributed by atoms with Crippen molar-refractivity contribution in [3.05, 3.63) is 59.9 Å². The standard InChI is InChI=1S/C16H19N3O2/c1-11(15-4-2-3-9-18-15)19-16(21)14(17)10-12-5-7-13(20)8-6-12/h2-9,11,14,20H,10,17H2,1H3,(H,19,21)/t11?,14-/m1/s1. The van der Waals surface area contributed by atoms with Crippen molar-refractivity contribution in [1.29, 1.82) is 0 Å². The minimum Gasteiger partial charge on any atom is -0.508 e. The molecule has 2 aromatic rings. The first-order valence-electron chi connectivity index (χ1n) is 6.81. The highest BCUT2D eigenvalue weighted by Crippen LogP contribution is 2.12. The molecular weight excluding hydrogens is 266 g/mol. The Labute approximate surface area is 123 Å². The highest BCUT2D eigenvalue weighted by molar-refractivity contribution is 5.82. The van der Waals surface area contributed by atoms with Gasteiger partial charge in [0.2, 0.25) is 5.91 Å². The van der Waals surface area contributed by atoms with Crippen LogP contribution in [0.5, 0.6) is 5.75 Å². The summed E-state index contributed by atoms with van der Waals surface area (Å²) in [4.78, 5) is 16.3. The molecule has 2 rings (SSSR count). The molecule has 21 heavy (non-hydrogen) atoms. The van der Waals surface area contributed by atoms with Gasteiger partial charge in [-0.15, -0.1) is 0 Å². The molecule has 110 valence electrons. The minimum absolute atomic E-state index is 0.190. The number of aromatic nitrogens is 1. The average Bonchev–Trinajstić information content (AvgIpc) is 2.50. The summed E-state index contributed by atoms with van der Waals surface area (Å²) in [5, 5.41) is 12.1. The summed E-state index contributed by atoms with van der Waals surface area (Å²) < 4.78 is 0. The first-order chi connectivity index (χ1) is 10.1. The van der Waals surface area contributed by atoms with Crippen LogP contribution < -0.4 is 11.1 Å². The molecule has 0 bridgehead atoms. The van der Waals surface area contributed by atoms with Gasteiger partial charge in [0.15, 0.2) is 0 Å². The second-order valence-corrected chi connectivity index (χ2v) is 4.96. The lowest BCUT2D eigenvalue weighted by Gasteiger charge is -2.17. The first kappa shape index (κ1) is 15.0. The Kier molecular flexibility index (Phi) is 4.90. The number of nitrogens with one attached hydrogen (secondary N) is 1. The minimum atomic E-state index is -0.638. The molecule has 0 aliphatic heterocycles. The van der Waals surface area contributed by atoms with E-state index in [0.717, 1.165) is 11.3 Å². The van der Waals surface area contributed by atoms with Gasteiger partial charge in [0.1, 0.15) is 5.75 Å². The van der Waals surface area contributed by atoms with Crippen LogP contribution in [0.3, 0.4) is 0 Å². The van der Waals surface area contributed by atoms with Crippen LogP contribution in [0.15, 0.2) is 48.7 Å². The predicted octanol–water partition coefficient (Wildman–Crippen LogP) is 1.53. The Morgan fingerprint density at radius 2 is 2.00 bits per heavy atom. The topological polar surface area (TPSA) is 88.2 Å². The maximum absolute atomic E-state index is 12.1. The highest BCUT2D eigenvalue weighted by Gasteiger charge is 2.17. The first-order valence-corrected chi connectivity index (χ1v) is 6.81. The largest absolute Gasteiger partial charge is 0.508 e. The maximum Gasteiger partial charge on any atom is 0.237 e. The lowest BCUT2D eigenvalue weighted by molar-refractivity contribution is -0.123. The van der Waals surface area contributed by atoms with E-state index in [2.05, 4.69) is 10.3 Å². The van der Waals surface area contributed by atoms with Crippen LogP contribution >= 0.6 is 0 Å². The van der Waals surface area contributed by atoms with E-state index in [1.165, 1.54) is 0 Å². The Balaban J connectivity index is 1.92. The maximum atomic E-state index is 12.1. The van der Waals surface area contributed by atoms with Gasteiger partial charge in [0, 0.05) is 6.20 Å². The van der Waals surface area contributed by atoms with Crippen molar-refractivity contribution >= 4 is 5.91 Å². The molecule has 1 aromatic carbocycles. The van der Waals surface area contributed by atoms with Gasteiger partial charge >= 0.3 is 0 Å². The van der Waals surface area contributed by atoms with Gasteiger partial charge in [-0.2, -0.15) is 0 Å². The number of pyridine rings is 1. The molecule has 0 spiro atoms. The summed E-state index contributed by atoms with van der Waals surface area (Å²) >= 11 is 0. The highest BCUT2D eigenvalue weighted by atomic mass is 16.3. The SMILES string of the molecule is CC(NC(=O)[C@H](N)Cc1ccc(O)cc1)c1ccccn1. The summed E-state index contributed by atoms with van der Waals surface area (Å²) in [5.41, 5.74) is 7.62. The smallest absolute Gasteiger partial charge is 0.237 e. The summed E-state index contributed by atoms with van der Waals surface area (Å²) in [5.74, 6) is -0.0261. The van der Waals surface area contributed by atoms with E-state index in [0.29, 0.717) is 6.42 Å². The van der Waals surface area contributed by atoms with E-state index in [1.807, 2.05) is 25.1 Å². The number of nitrogens with two attached hydrogens (primary N) is 1. The summed E-state index contributed by atoms with van der Waals surface area (Å²) in [6.07, 6.45) is 2.11. The van der Waals surface area contributed by atoms with Crippen molar-refractivity contribution in [3.8, 4) is 5.75 Å². The fraction of sp³-hybridized carbons (Fsp3) is 0.250. The van der Waals surface area contributed by atoms with Crippen LogP contribution in [-0.2, 0) is 11.2 Å². The van der Waals surface area contributed by atoms with Gasteiger partial charge in [-0.25, -0.2) is 0 Å². The van der Waals surface area contributed by atoms with Crippen LogP contribution in [0, 0.1) is 0 Å². The number of amides is 1. The molecule has 5 nitrogen and oxygen atoms in total. The van der Waals surface area contributed by atoms with E-state index in [4.69, 9.17) is 5.73 Å². The van der Waals surface area contributed by atoms with Crippen LogP contribution in [0.2, 0.25) is 0 Å². The Hall–Kier alpha value is -2.40. The molecular formula is C16H19N3O2.